The van der Waals surface area contributed by atoms with Crippen LogP contribution in [0.1, 0.15) is 31.2 Å². The summed E-state index contributed by atoms with van der Waals surface area (Å²) in [6.07, 6.45) is 1.50. The Labute approximate surface area is 94.7 Å². The van der Waals surface area contributed by atoms with Crippen LogP contribution in [0.2, 0.25) is 0 Å². The first-order chi connectivity index (χ1) is 7.54. The van der Waals surface area contributed by atoms with E-state index in [0.717, 1.165) is 17.8 Å². The summed E-state index contributed by atoms with van der Waals surface area (Å²) in [7, 11) is 0. The number of nitrogens with one attached hydrogen (secondary N) is 1. The molecule has 6 heteroatoms. The van der Waals surface area contributed by atoms with Crippen LogP contribution in [-0.4, -0.2) is 27.1 Å². The van der Waals surface area contributed by atoms with Crippen LogP contribution < -0.4 is 11.1 Å². The number of carbonyl (C=O) groups is 1. The van der Waals surface area contributed by atoms with Crippen molar-refractivity contribution in [3.8, 4) is 0 Å². The molecule has 0 aliphatic heterocycles. The highest BCUT2D eigenvalue weighted by Gasteiger charge is 2.14. The van der Waals surface area contributed by atoms with Crippen molar-refractivity contribution in [2.45, 2.75) is 39.7 Å². The molecule has 0 unspecified atom stereocenters. The Morgan fingerprint density at radius 2 is 2.06 bits per heavy atom. The van der Waals surface area contributed by atoms with Gasteiger partial charge in [-0.25, -0.2) is 4.98 Å². The predicted molar refractivity (Wildman–Crippen MR) is 60.8 cm³/mol. The van der Waals surface area contributed by atoms with E-state index in [1.54, 1.807) is 0 Å². The van der Waals surface area contributed by atoms with Crippen LogP contribution in [-0.2, 0) is 4.79 Å². The Morgan fingerprint density at radius 1 is 1.38 bits per heavy atom. The van der Waals surface area contributed by atoms with Crippen molar-refractivity contribution in [3.63, 3.8) is 0 Å². The molecule has 0 aliphatic rings. The predicted octanol–water partition coefficient (Wildman–Crippen LogP) is 0.554. The van der Waals surface area contributed by atoms with Gasteiger partial charge < -0.3 is 5.73 Å². The summed E-state index contributed by atoms with van der Waals surface area (Å²) in [6.45, 7) is 5.59. The van der Waals surface area contributed by atoms with E-state index in [1.165, 1.54) is 0 Å². The van der Waals surface area contributed by atoms with Crippen molar-refractivity contribution in [1.29, 1.82) is 0 Å². The van der Waals surface area contributed by atoms with Crippen molar-refractivity contribution in [2.24, 2.45) is 5.73 Å². The van der Waals surface area contributed by atoms with Gasteiger partial charge in [0.15, 0.2) is 0 Å². The third-order valence-electron chi connectivity index (χ3n) is 2.26. The molecule has 0 saturated heterocycles. The first-order valence-electron chi connectivity index (χ1n) is 5.29. The van der Waals surface area contributed by atoms with Crippen LogP contribution in [0.3, 0.4) is 0 Å². The summed E-state index contributed by atoms with van der Waals surface area (Å²) in [6, 6.07) is -0.518. The summed E-state index contributed by atoms with van der Waals surface area (Å²) < 4.78 is 0. The fourth-order valence-electron chi connectivity index (χ4n) is 1.15. The maximum atomic E-state index is 11.6. The number of nitrogens with zero attached hydrogens (tertiary/aromatic N) is 3. The largest absolute Gasteiger partial charge is 0.320 e. The summed E-state index contributed by atoms with van der Waals surface area (Å²) in [5, 5.41) is 10.2. The summed E-state index contributed by atoms with van der Waals surface area (Å²) in [4.78, 5) is 15.6. The molecule has 0 radical (unpaired) electrons. The average molecular weight is 223 g/mol. The van der Waals surface area contributed by atoms with Gasteiger partial charge in [0.05, 0.1) is 17.4 Å². The van der Waals surface area contributed by atoms with Crippen molar-refractivity contribution in [2.75, 3.05) is 5.32 Å². The molecule has 0 spiro atoms. The molecule has 0 fully saturated rings. The Bertz CT molecular complexity index is 379. The molecular weight excluding hydrogens is 206 g/mol. The third-order valence-corrected chi connectivity index (χ3v) is 2.26. The molecule has 1 aromatic rings. The van der Waals surface area contributed by atoms with E-state index in [9.17, 15) is 4.79 Å². The Hall–Kier alpha value is -1.56. The lowest BCUT2D eigenvalue weighted by molar-refractivity contribution is -0.117. The topological polar surface area (TPSA) is 93.8 Å². The lowest BCUT2D eigenvalue weighted by atomic mass is 10.2. The molecule has 3 N–H and O–H groups in total. The van der Waals surface area contributed by atoms with Gasteiger partial charge in [-0.15, -0.1) is 5.10 Å². The van der Waals surface area contributed by atoms with E-state index >= 15 is 0 Å². The smallest absolute Gasteiger partial charge is 0.249 e. The number of rotatable bonds is 4. The zero-order valence-electron chi connectivity index (χ0n) is 9.82. The standard InChI is InChI=1S/C10H17N5O/c1-4-5-8(11)9(16)13-10-12-6(2)7(3)14-15-10/h8H,4-5,11H2,1-3H3,(H,12,13,15,16)/t8-/m0/s1. The second kappa shape index (κ2) is 5.50. The molecule has 0 aliphatic carbocycles. The minimum atomic E-state index is -0.518. The number of amides is 1. The highest BCUT2D eigenvalue weighted by atomic mass is 16.2. The summed E-state index contributed by atoms with van der Waals surface area (Å²) >= 11 is 0. The number of aromatic nitrogens is 3. The maximum absolute atomic E-state index is 11.6. The maximum Gasteiger partial charge on any atom is 0.249 e. The van der Waals surface area contributed by atoms with Gasteiger partial charge >= 0.3 is 0 Å². The monoisotopic (exact) mass is 223 g/mol. The summed E-state index contributed by atoms with van der Waals surface area (Å²) in [5.41, 5.74) is 7.15. The van der Waals surface area contributed by atoms with Gasteiger partial charge in [0.1, 0.15) is 0 Å². The van der Waals surface area contributed by atoms with Crippen molar-refractivity contribution in [3.05, 3.63) is 11.4 Å². The van der Waals surface area contributed by atoms with Crippen LogP contribution in [0.25, 0.3) is 0 Å². The molecule has 1 heterocycles. The number of carbonyl (C=O) groups excluding carboxylic acids is 1. The van der Waals surface area contributed by atoms with E-state index in [2.05, 4.69) is 20.5 Å². The molecule has 1 amide bonds. The molecular formula is C10H17N5O. The lowest BCUT2D eigenvalue weighted by Crippen LogP contribution is -2.36. The van der Waals surface area contributed by atoms with Gasteiger partial charge in [-0.05, 0) is 20.3 Å². The van der Waals surface area contributed by atoms with Gasteiger partial charge in [0, 0.05) is 0 Å². The van der Waals surface area contributed by atoms with Gasteiger partial charge in [-0.2, -0.15) is 5.10 Å². The zero-order chi connectivity index (χ0) is 12.1. The highest BCUT2D eigenvalue weighted by molar-refractivity contribution is 5.93. The zero-order valence-corrected chi connectivity index (χ0v) is 9.82. The van der Waals surface area contributed by atoms with Gasteiger partial charge in [0.2, 0.25) is 11.9 Å². The molecule has 16 heavy (non-hydrogen) atoms. The number of anilines is 1. The van der Waals surface area contributed by atoms with E-state index in [1.807, 2.05) is 20.8 Å². The molecule has 1 rings (SSSR count). The first-order valence-corrected chi connectivity index (χ1v) is 5.29. The molecule has 0 saturated carbocycles. The fourth-order valence-corrected chi connectivity index (χ4v) is 1.15. The second-order valence-corrected chi connectivity index (χ2v) is 3.69. The molecule has 6 nitrogen and oxygen atoms in total. The quantitative estimate of drug-likeness (QED) is 0.777. The van der Waals surface area contributed by atoms with Crippen molar-refractivity contribution < 1.29 is 4.79 Å². The average Bonchev–Trinajstić information content (AvgIpc) is 2.24. The first kappa shape index (κ1) is 12.5. The number of nitrogens with two attached hydrogens (primary N) is 1. The van der Waals surface area contributed by atoms with E-state index < -0.39 is 6.04 Å². The molecule has 0 aromatic carbocycles. The molecule has 88 valence electrons. The van der Waals surface area contributed by atoms with Crippen LogP contribution in [0, 0.1) is 13.8 Å². The summed E-state index contributed by atoms with van der Waals surface area (Å²) in [5.74, 6) is -0.0634. The number of hydrogen-bond donors (Lipinski definition) is 2. The van der Waals surface area contributed by atoms with Crippen LogP contribution in [0.5, 0.6) is 0 Å². The van der Waals surface area contributed by atoms with Crippen LogP contribution in [0.4, 0.5) is 5.95 Å². The molecule has 0 bridgehead atoms. The normalized spacial score (nSPS) is 12.2. The SMILES string of the molecule is CCC[C@H](N)C(=O)Nc1nnc(C)c(C)n1. The lowest BCUT2D eigenvalue weighted by Gasteiger charge is -2.09. The van der Waals surface area contributed by atoms with Gasteiger partial charge in [-0.1, -0.05) is 13.3 Å². The minimum Gasteiger partial charge on any atom is -0.320 e. The number of hydrogen-bond acceptors (Lipinski definition) is 5. The van der Waals surface area contributed by atoms with Gasteiger partial charge in [-0.3, -0.25) is 10.1 Å². The Kier molecular flexibility index (Phi) is 4.30. The third kappa shape index (κ3) is 3.23. The van der Waals surface area contributed by atoms with E-state index in [0.29, 0.717) is 6.42 Å². The number of aryl methyl sites for hydroxylation is 2. The van der Waals surface area contributed by atoms with E-state index in [-0.39, 0.29) is 11.9 Å². The van der Waals surface area contributed by atoms with Gasteiger partial charge in [0.25, 0.3) is 0 Å². The van der Waals surface area contributed by atoms with Crippen molar-refractivity contribution >= 4 is 11.9 Å². The van der Waals surface area contributed by atoms with Crippen LogP contribution in [0.15, 0.2) is 0 Å². The van der Waals surface area contributed by atoms with Crippen molar-refractivity contribution in [1.82, 2.24) is 15.2 Å². The Balaban J connectivity index is 2.66. The minimum absolute atomic E-state index is 0.208. The second-order valence-electron chi connectivity index (χ2n) is 3.69. The molecule has 1 atom stereocenters. The highest BCUT2D eigenvalue weighted by Crippen LogP contribution is 2.03. The van der Waals surface area contributed by atoms with Crippen LogP contribution >= 0.6 is 0 Å². The Morgan fingerprint density at radius 3 is 2.62 bits per heavy atom. The molecule has 1 aromatic heterocycles. The van der Waals surface area contributed by atoms with E-state index in [4.69, 9.17) is 5.73 Å². The fraction of sp³-hybridized carbons (Fsp3) is 0.600.